The SMILES string of the molecule is N[C@H]1CC1CCC(=O)O. The molecule has 3 nitrogen and oxygen atoms in total. The van der Waals surface area contributed by atoms with Gasteiger partial charge in [-0.25, -0.2) is 0 Å². The highest BCUT2D eigenvalue weighted by Crippen LogP contribution is 2.32. The summed E-state index contributed by atoms with van der Waals surface area (Å²) in [5.74, 6) is -0.213. The van der Waals surface area contributed by atoms with Crippen LogP contribution in [0.4, 0.5) is 0 Å². The van der Waals surface area contributed by atoms with Crippen LogP contribution in [-0.4, -0.2) is 17.1 Å². The van der Waals surface area contributed by atoms with E-state index in [1.54, 1.807) is 0 Å². The fourth-order valence-electron chi connectivity index (χ4n) is 0.912. The molecule has 1 aliphatic rings. The highest BCUT2D eigenvalue weighted by molar-refractivity contribution is 5.66. The summed E-state index contributed by atoms with van der Waals surface area (Å²) in [4.78, 5) is 10.00. The van der Waals surface area contributed by atoms with Crippen molar-refractivity contribution >= 4 is 5.97 Å². The van der Waals surface area contributed by atoms with Crippen LogP contribution in [-0.2, 0) is 4.79 Å². The minimum absolute atomic E-state index is 0.276. The van der Waals surface area contributed by atoms with Gasteiger partial charge in [0.2, 0.25) is 0 Å². The summed E-state index contributed by atoms with van der Waals surface area (Å²) >= 11 is 0. The number of hydrogen-bond donors (Lipinski definition) is 2. The van der Waals surface area contributed by atoms with Crippen molar-refractivity contribution in [1.82, 2.24) is 0 Å². The molecule has 52 valence electrons. The van der Waals surface area contributed by atoms with E-state index in [-0.39, 0.29) is 6.42 Å². The number of nitrogens with two attached hydrogens (primary N) is 1. The Morgan fingerprint density at radius 3 is 2.67 bits per heavy atom. The van der Waals surface area contributed by atoms with E-state index in [4.69, 9.17) is 10.8 Å². The summed E-state index contributed by atoms with van der Waals surface area (Å²) in [6.07, 6.45) is 2.06. The average Bonchev–Trinajstić information content (AvgIpc) is 2.42. The Kier molecular flexibility index (Phi) is 1.71. The van der Waals surface area contributed by atoms with E-state index in [0.717, 1.165) is 12.8 Å². The maximum atomic E-state index is 10.00. The minimum Gasteiger partial charge on any atom is -0.481 e. The normalized spacial score (nSPS) is 32.1. The standard InChI is InChI=1S/C6H11NO2/c7-5-3-4(5)1-2-6(8)9/h4-5H,1-3,7H2,(H,8,9)/t4?,5-/m0/s1. The van der Waals surface area contributed by atoms with Crippen LogP contribution >= 0.6 is 0 Å². The van der Waals surface area contributed by atoms with E-state index in [1.165, 1.54) is 0 Å². The number of carbonyl (C=O) groups is 1. The molecule has 0 aromatic carbocycles. The molecular formula is C6H11NO2. The van der Waals surface area contributed by atoms with Crippen LogP contribution < -0.4 is 5.73 Å². The molecule has 0 heterocycles. The molecule has 1 unspecified atom stereocenters. The molecular weight excluding hydrogens is 118 g/mol. The first kappa shape index (κ1) is 6.55. The van der Waals surface area contributed by atoms with Crippen LogP contribution in [0.2, 0.25) is 0 Å². The first-order chi connectivity index (χ1) is 4.20. The zero-order valence-electron chi connectivity index (χ0n) is 5.21. The zero-order chi connectivity index (χ0) is 6.85. The van der Waals surface area contributed by atoms with E-state index in [9.17, 15) is 4.79 Å². The van der Waals surface area contributed by atoms with Crippen molar-refractivity contribution < 1.29 is 9.90 Å². The smallest absolute Gasteiger partial charge is 0.303 e. The lowest BCUT2D eigenvalue weighted by Gasteiger charge is -1.90. The quantitative estimate of drug-likeness (QED) is 0.572. The third kappa shape index (κ3) is 2.01. The molecule has 9 heavy (non-hydrogen) atoms. The molecule has 1 aliphatic carbocycles. The van der Waals surface area contributed by atoms with Crippen LogP contribution in [0.5, 0.6) is 0 Å². The van der Waals surface area contributed by atoms with Gasteiger partial charge in [0, 0.05) is 12.5 Å². The lowest BCUT2D eigenvalue weighted by molar-refractivity contribution is -0.137. The molecule has 1 saturated carbocycles. The van der Waals surface area contributed by atoms with Gasteiger partial charge in [-0.3, -0.25) is 4.79 Å². The Bertz CT molecular complexity index is 124. The maximum absolute atomic E-state index is 10.00. The van der Waals surface area contributed by atoms with Gasteiger partial charge in [-0.2, -0.15) is 0 Å². The molecule has 0 saturated heterocycles. The lowest BCUT2D eigenvalue weighted by atomic mass is 10.2. The highest BCUT2D eigenvalue weighted by atomic mass is 16.4. The Hall–Kier alpha value is -0.570. The third-order valence-corrected chi connectivity index (χ3v) is 1.71. The molecule has 0 aromatic rings. The second kappa shape index (κ2) is 2.35. The molecule has 0 amide bonds. The highest BCUT2D eigenvalue weighted by Gasteiger charge is 2.32. The van der Waals surface area contributed by atoms with Gasteiger partial charge in [-0.1, -0.05) is 0 Å². The zero-order valence-corrected chi connectivity index (χ0v) is 5.21. The van der Waals surface area contributed by atoms with Gasteiger partial charge in [-0.05, 0) is 18.8 Å². The Morgan fingerprint density at radius 1 is 1.78 bits per heavy atom. The number of rotatable bonds is 3. The summed E-state index contributed by atoms with van der Waals surface area (Å²) in [6, 6.07) is 0.296. The van der Waals surface area contributed by atoms with Gasteiger partial charge in [0.05, 0.1) is 0 Å². The van der Waals surface area contributed by atoms with Crippen LogP contribution in [0.15, 0.2) is 0 Å². The van der Waals surface area contributed by atoms with Gasteiger partial charge < -0.3 is 10.8 Å². The fourth-order valence-corrected chi connectivity index (χ4v) is 0.912. The summed E-state index contributed by atoms with van der Waals surface area (Å²) < 4.78 is 0. The molecule has 0 bridgehead atoms. The van der Waals surface area contributed by atoms with Crippen molar-refractivity contribution in [3.63, 3.8) is 0 Å². The molecule has 3 N–H and O–H groups in total. The molecule has 0 radical (unpaired) electrons. The van der Waals surface area contributed by atoms with Crippen molar-refractivity contribution in [3.8, 4) is 0 Å². The molecule has 0 spiro atoms. The van der Waals surface area contributed by atoms with E-state index >= 15 is 0 Å². The molecule has 0 aliphatic heterocycles. The van der Waals surface area contributed by atoms with Gasteiger partial charge in [-0.15, -0.1) is 0 Å². The van der Waals surface area contributed by atoms with Gasteiger partial charge in [0.25, 0.3) is 0 Å². The molecule has 0 aromatic heterocycles. The second-order valence-corrected chi connectivity index (χ2v) is 2.59. The minimum atomic E-state index is -0.714. The van der Waals surface area contributed by atoms with E-state index < -0.39 is 5.97 Å². The van der Waals surface area contributed by atoms with Crippen molar-refractivity contribution in [2.75, 3.05) is 0 Å². The lowest BCUT2D eigenvalue weighted by Crippen LogP contribution is -2.03. The maximum Gasteiger partial charge on any atom is 0.303 e. The number of carboxylic acids is 1. The van der Waals surface area contributed by atoms with Crippen molar-refractivity contribution in [1.29, 1.82) is 0 Å². The number of aliphatic carboxylic acids is 1. The van der Waals surface area contributed by atoms with Gasteiger partial charge >= 0.3 is 5.97 Å². The first-order valence-corrected chi connectivity index (χ1v) is 3.17. The van der Waals surface area contributed by atoms with E-state index in [0.29, 0.717) is 12.0 Å². The van der Waals surface area contributed by atoms with Crippen LogP contribution in [0.1, 0.15) is 19.3 Å². The Labute approximate surface area is 53.9 Å². The Morgan fingerprint density at radius 2 is 2.33 bits per heavy atom. The van der Waals surface area contributed by atoms with Gasteiger partial charge in [0.15, 0.2) is 0 Å². The summed E-state index contributed by atoms with van der Waals surface area (Å²) in [5, 5.41) is 8.24. The summed E-state index contributed by atoms with van der Waals surface area (Å²) in [5.41, 5.74) is 5.46. The van der Waals surface area contributed by atoms with E-state index in [1.807, 2.05) is 0 Å². The summed E-state index contributed by atoms with van der Waals surface area (Å²) in [7, 11) is 0. The number of carboxylic acid groups (broad SMARTS) is 1. The van der Waals surface area contributed by atoms with Crippen LogP contribution in [0, 0.1) is 5.92 Å². The Balaban J connectivity index is 2.00. The third-order valence-electron chi connectivity index (χ3n) is 1.71. The second-order valence-electron chi connectivity index (χ2n) is 2.59. The molecule has 1 fully saturated rings. The van der Waals surface area contributed by atoms with Crippen LogP contribution in [0.3, 0.4) is 0 Å². The predicted octanol–water partition coefficient (Wildman–Crippen LogP) is 0.198. The first-order valence-electron chi connectivity index (χ1n) is 3.17. The average molecular weight is 129 g/mol. The topological polar surface area (TPSA) is 63.3 Å². The van der Waals surface area contributed by atoms with Crippen molar-refractivity contribution in [2.24, 2.45) is 11.7 Å². The molecule has 3 heteroatoms. The fraction of sp³-hybridized carbons (Fsp3) is 0.833. The van der Waals surface area contributed by atoms with E-state index in [2.05, 4.69) is 0 Å². The largest absolute Gasteiger partial charge is 0.481 e. The number of hydrogen-bond acceptors (Lipinski definition) is 2. The monoisotopic (exact) mass is 129 g/mol. The van der Waals surface area contributed by atoms with Crippen LogP contribution in [0.25, 0.3) is 0 Å². The molecule has 1 rings (SSSR count). The van der Waals surface area contributed by atoms with Crippen molar-refractivity contribution in [2.45, 2.75) is 25.3 Å². The van der Waals surface area contributed by atoms with Crippen molar-refractivity contribution in [3.05, 3.63) is 0 Å². The summed E-state index contributed by atoms with van der Waals surface area (Å²) in [6.45, 7) is 0. The molecule has 2 atom stereocenters. The predicted molar refractivity (Wildman–Crippen MR) is 33.0 cm³/mol. The van der Waals surface area contributed by atoms with Gasteiger partial charge in [0.1, 0.15) is 0 Å².